The van der Waals surface area contributed by atoms with E-state index < -0.39 is 11.7 Å². The molecule has 0 aliphatic rings. The van der Waals surface area contributed by atoms with Gasteiger partial charge >= 0.3 is 6.09 Å². The molecule has 5 nitrogen and oxygen atoms in total. The third-order valence-corrected chi connectivity index (χ3v) is 3.60. The maximum Gasteiger partial charge on any atom is 0.407 e. The van der Waals surface area contributed by atoms with Crippen molar-refractivity contribution in [3.8, 4) is 5.69 Å². The number of amides is 1. The van der Waals surface area contributed by atoms with Crippen LogP contribution >= 0.6 is 15.9 Å². The summed E-state index contributed by atoms with van der Waals surface area (Å²) in [6, 6.07) is 4.46. The van der Waals surface area contributed by atoms with Crippen LogP contribution in [0.5, 0.6) is 0 Å². The van der Waals surface area contributed by atoms with Gasteiger partial charge in [0.05, 0.1) is 12.0 Å². The lowest BCUT2D eigenvalue weighted by Crippen LogP contribution is -2.33. The van der Waals surface area contributed by atoms with E-state index in [0.717, 1.165) is 10.2 Å². The number of ether oxygens (including phenoxy) is 1. The summed E-state index contributed by atoms with van der Waals surface area (Å²) in [5, 5.41) is 2.69. The van der Waals surface area contributed by atoms with Crippen LogP contribution in [0.4, 0.5) is 9.18 Å². The molecule has 7 heteroatoms. The van der Waals surface area contributed by atoms with E-state index >= 15 is 0 Å². The molecular formula is C16H19BrFN3O2. The monoisotopic (exact) mass is 383 g/mol. The summed E-state index contributed by atoms with van der Waals surface area (Å²) in [6.45, 7) is 5.82. The molecule has 1 aromatic heterocycles. The van der Waals surface area contributed by atoms with Gasteiger partial charge in [-0.05, 0) is 54.9 Å². The van der Waals surface area contributed by atoms with Crippen molar-refractivity contribution in [2.75, 3.05) is 6.54 Å². The zero-order valence-electron chi connectivity index (χ0n) is 13.3. The largest absolute Gasteiger partial charge is 0.444 e. The van der Waals surface area contributed by atoms with Crippen LogP contribution in [-0.2, 0) is 11.2 Å². The van der Waals surface area contributed by atoms with Crippen LogP contribution < -0.4 is 5.32 Å². The summed E-state index contributed by atoms with van der Waals surface area (Å²) in [7, 11) is 0. The first kappa shape index (κ1) is 17.5. The Morgan fingerprint density at radius 1 is 1.43 bits per heavy atom. The summed E-state index contributed by atoms with van der Waals surface area (Å²) in [5.41, 5.74) is 0.986. The minimum Gasteiger partial charge on any atom is -0.444 e. The van der Waals surface area contributed by atoms with Gasteiger partial charge in [0.2, 0.25) is 0 Å². The van der Waals surface area contributed by atoms with E-state index in [2.05, 4.69) is 26.2 Å². The molecule has 0 spiro atoms. The van der Waals surface area contributed by atoms with Crippen molar-refractivity contribution >= 4 is 22.0 Å². The first-order valence-electron chi connectivity index (χ1n) is 7.20. The van der Waals surface area contributed by atoms with Crippen LogP contribution in [0.15, 0.2) is 35.2 Å². The molecule has 23 heavy (non-hydrogen) atoms. The number of halogens is 2. The number of hydrogen-bond acceptors (Lipinski definition) is 3. The minimum absolute atomic E-state index is 0.324. The van der Waals surface area contributed by atoms with Gasteiger partial charge in [-0.1, -0.05) is 0 Å². The molecular weight excluding hydrogens is 365 g/mol. The second-order valence-corrected chi connectivity index (χ2v) is 6.88. The summed E-state index contributed by atoms with van der Waals surface area (Å²) < 4.78 is 21.2. The van der Waals surface area contributed by atoms with E-state index in [1.54, 1.807) is 23.2 Å². The normalized spacial score (nSPS) is 11.3. The minimum atomic E-state index is -0.529. The van der Waals surface area contributed by atoms with Crippen LogP contribution in [0, 0.1) is 5.82 Å². The summed E-state index contributed by atoms with van der Waals surface area (Å²) in [6.07, 6.45) is 3.38. The molecule has 0 saturated heterocycles. The van der Waals surface area contributed by atoms with E-state index in [0.29, 0.717) is 18.7 Å². The standard InChI is InChI=1S/C16H19BrFN3O2/c1-16(2,3)23-15(22)20-7-6-12-9-19-10-21(12)14-8-11(18)4-5-13(14)17/h4-5,8-10H,6-7H2,1-3H3,(H,20,22). The highest BCUT2D eigenvalue weighted by molar-refractivity contribution is 9.10. The molecule has 0 fully saturated rings. The third-order valence-electron chi connectivity index (χ3n) is 2.93. The second kappa shape index (κ2) is 7.12. The number of rotatable bonds is 4. The fourth-order valence-electron chi connectivity index (χ4n) is 2.00. The van der Waals surface area contributed by atoms with Crippen LogP contribution in [0.3, 0.4) is 0 Å². The molecule has 1 amide bonds. The summed E-state index contributed by atoms with van der Waals surface area (Å²) in [5.74, 6) is -0.324. The predicted molar refractivity (Wildman–Crippen MR) is 89.2 cm³/mol. The molecule has 0 unspecified atom stereocenters. The Bertz CT molecular complexity index is 695. The molecule has 0 atom stereocenters. The van der Waals surface area contributed by atoms with Crippen molar-refractivity contribution in [1.82, 2.24) is 14.9 Å². The average Bonchev–Trinajstić information content (AvgIpc) is 2.88. The Labute approximate surface area is 143 Å². The van der Waals surface area contributed by atoms with E-state index in [9.17, 15) is 9.18 Å². The van der Waals surface area contributed by atoms with Crippen molar-refractivity contribution in [2.45, 2.75) is 32.8 Å². The Hall–Kier alpha value is -1.89. The van der Waals surface area contributed by atoms with E-state index in [1.807, 2.05) is 20.8 Å². The first-order valence-corrected chi connectivity index (χ1v) is 7.99. The quantitative estimate of drug-likeness (QED) is 0.872. The number of benzene rings is 1. The molecule has 1 aromatic carbocycles. The number of nitrogens with one attached hydrogen (secondary N) is 1. The Kier molecular flexibility index (Phi) is 5.41. The van der Waals surface area contributed by atoms with Gasteiger partial charge < -0.3 is 14.6 Å². The van der Waals surface area contributed by atoms with Crippen molar-refractivity contribution in [1.29, 1.82) is 0 Å². The van der Waals surface area contributed by atoms with Crippen LogP contribution in [0.25, 0.3) is 5.69 Å². The van der Waals surface area contributed by atoms with Gasteiger partial charge in [0, 0.05) is 29.3 Å². The van der Waals surface area contributed by atoms with Gasteiger partial charge in [0.15, 0.2) is 0 Å². The van der Waals surface area contributed by atoms with E-state index in [-0.39, 0.29) is 5.82 Å². The highest BCUT2D eigenvalue weighted by Gasteiger charge is 2.16. The van der Waals surface area contributed by atoms with Crippen molar-refractivity contribution < 1.29 is 13.9 Å². The molecule has 0 saturated carbocycles. The number of aromatic nitrogens is 2. The Balaban J connectivity index is 2.02. The van der Waals surface area contributed by atoms with Crippen molar-refractivity contribution in [3.05, 3.63) is 46.7 Å². The smallest absolute Gasteiger partial charge is 0.407 e. The molecule has 0 radical (unpaired) electrons. The van der Waals surface area contributed by atoms with Gasteiger partial charge in [0.1, 0.15) is 11.4 Å². The first-order chi connectivity index (χ1) is 10.8. The predicted octanol–water partition coefficient (Wildman–Crippen LogP) is 3.84. The number of imidazole rings is 1. The summed E-state index contributed by atoms with van der Waals surface area (Å²) >= 11 is 3.41. The number of alkyl carbamates (subject to hydrolysis) is 1. The highest BCUT2D eigenvalue weighted by atomic mass is 79.9. The van der Waals surface area contributed by atoms with Gasteiger partial charge in [-0.25, -0.2) is 14.2 Å². The van der Waals surface area contributed by atoms with Gasteiger partial charge in [0.25, 0.3) is 0 Å². The van der Waals surface area contributed by atoms with Gasteiger partial charge in [-0.2, -0.15) is 0 Å². The molecule has 2 rings (SSSR count). The lowest BCUT2D eigenvalue weighted by Gasteiger charge is -2.19. The molecule has 0 bridgehead atoms. The van der Waals surface area contributed by atoms with Gasteiger partial charge in [-0.3, -0.25) is 0 Å². The van der Waals surface area contributed by atoms with Crippen molar-refractivity contribution in [2.24, 2.45) is 0 Å². The summed E-state index contributed by atoms with van der Waals surface area (Å²) in [4.78, 5) is 15.7. The van der Waals surface area contributed by atoms with Crippen molar-refractivity contribution in [3.63, 3.8) is 0 Å². The molecule has 0 aliphatic carbocycles. The molecule has 0 aliphatic heterocycles. The van der Waals surface area contributed by atoms with Gasteiger partial charge in [-0.15, -0.1) is 0 Å². The molecule has 1 heterocycles. The lowest BCUT2D eigenvalue weighted by atomic mass is 10.2. The number of hydrogen-bond donors (Lipinski definition) is 1. The zero-order valence-corrected chi connectivity index (χ0v) is 14.9. The number of carbonyl (C=O) groups excluding carboxylic acids is 1. The molecule has 2 aromatic rings. The lowest BCUT2D eigenvalue weighted by molar-refractivity contribution is 0.0528. The Morgan fingerprint density at radius 2 is 2.17 bits per heavy atom. The Morgan fingerprint density at radius 3 is 2.87 bits per heavy atom. The number of carbonyl (C=O) groups is 1. The van der Waals surface area contributed by atoms with E-state index in [1.165, 1.54) is 12.1 Å². The maximum absolute atomic E-state index is 13.5. The fraction of sp³-hybridized carbons (Fsp3) is 0.375. The highest BCUT2D eigenvalue weighted by Crippen LogP contribution is 2.23. The maximum atomic E-state index is 13.5. The molecule has 1 N–H and O–H groups in total. The van der Waals surface area contributed by atoms with E-state index in [4.69, 9.17) is 4.74 Å². The average molecular weight is 384 g/mol. The molecule has 124 valence electrons. The SMILES string of the molecule is CC(C)(C)OC(=O)NCCc1cncn1-c1cc(F)ccc1Br. The topological polar surface area (TPSA) is 56.1 Å². The van der Waals surface area contributed by atoms with Crippen LogP contribution in [0.2, 0.25) is 0 Å². The fourth-order valence-corrected chi connectivity index (χ4v) is 2.44. The third kappa shape index (κ3) is 5.06. The zero-order chi connectivity index (χ0) is 17.0. The van der Waals surface area contributed by atoms with Crippen LogP contribution in [0.1, 0.15) is 26.5 Å². The van der Waals surface area contributed by atoms with Crippen LogP contribution in [-0.4, -0.2) is 27.8 Å². The number of nitrogens with zero attached hydrogens (tertiary/aromatic N) is 2. The second-order valence-electron chi connectivity index (χ2n) is 6.03.